The van der Waals surface area contributed by atoms with Crippen molar-refractivity contribution in [1.82, 2.24) is 29.4 Å². The first-order chi connectivity index (χ1) is 19.3. The van der Waals surface area contributed by atoms with Crippen molar-refractivity contribution in [3.63, 3.8) is 0 Å². The summed E-state index contributed by atoms with van der Waals surface area (Å²) in [6.45, 7) is 6.15. The van der Waals surface area contributed by atoms with Gasteiger partial charge in [-0.2, -0.15) is 21.3 Å². The van der Waals surface area contributed by atoms with Gasteiger partial charge in [0.15, 0.2) is 17.0 Å². The molecule has 2 N–H and O–H groups in total. The Morgan fingerprint density at radius 1 is 1.03 bits per heavy atom. The molecule has 4 aromatic rings. The number of hydrogen-bond acceptors (Lipinski definition) is 10. The minimum Gasteiger partial charge on any atom is -0.394 e. The van der Waals surface area contributed by atoms with E-state index in [1.165, 1.54) is 25.7 Å². The SMILES string of the molecule is OCCOCCN1CCN(c2nc(NCc3ccc(-c4ccsc4)nc3)c3ncn(C4CCCC4)c3n2)CC1. The highest BCUT2D eigenvalue weighted by Gasteiger charge is 2.25. The summed E-state index contributed by atoms with van der Waals surface area (Å²) in [6.07, 6.45) is 8.74. The first-order valence-corrected chi connectivity index (χ1v) is 14.8. The molecule has 0 atom stereocenters. The van der Waals surface area contributed by atoms with Crippen LogP contribution in [-0.2, 0) is 11.3 Å². The number of ether oxygens (including phenoxy) is 1. The normalized spacial score (nSPS) is 16.9. The van der Waals surface area contributed by atoms with E-state index in [0.29, 0.717) is 25.8 Å². The van der Waals surface area contributed by atoms with Gasteiger partial charge in [0.05, 0.1) is 31.8 Å². The van der Waals surface area contributed by atoms with Crippen molar-refractivity contribution in [2.45, 2.75) is 38.3 Å². The topological polar surface area (TPSA) is 104 Å². The summed E-state index contributed by atoms with van der Waals surface area (Å²) in [4.78, 5) is 24.2. The fraction of sp³-hybridized carbons (Fsp3) is 0.500. The van der Waals surface area contributed by atoms with Crippen molar-refractivity contribution < 1.29 is 9.84 Å². The van der Waals surface area contributed by atoms with Crippen molar-refractivity contribution in [2.24, 2.45) is 0 Å². The van der Waals surface area contributed by atoms with E-state index in [1.807, 2.05) is 12.5 Å². The van der Waals surface area contributed by atoms with Crippen LogP contribution in [0.25, 0.3) is 22.4 Å². The van der Waals surface area contributed by atoms with Gasteiger partial charge in [0, 0.05) is 62.5 Å². The summed E-state index contributed by atoms with van der Waals surface area (Å²) in [5.41, 5.74) is 4.97. The number of aliphatic hydroxyl groups excluding tert-OH is 1. The molecule has 1 saturated heterocycles. The maximum Gasteiger partial charge on any atom is 0.229 e. The number of aromatic nitrogens is 5. The zero-order valence-corrected chi connectivity index (χ0v) is 23.0. The van der Waals surface area contributed by atoms with Crippen LogP contribution in [-0.4, -0.2) is 87.1 Å². The van der Waals surface area contributed by atoms with E-state index >= 15 is 0 Å². The summed E-state index contributed by atoms with van der Waals surface area (Å²) in [6, 6.07) is 6.74. The summed E-state index contributed by atoms with van der Waals surface area (Å²) in [5.74, 6) is 1.53. The summed E-state index contributed by atoms with van der Waals surface area (Å²) >= 11 is 1.68. The van der Waals surface area contributed by atoms with Gasteiger partial charge in [-0.05, 0) is 35.9 Å². The highest BCUT2D eigenvalue weighted by molar-refractivity contribution is 7.08. The Bertz CT molecular complexity index is 1330. The van der Waals surface area contributed by atoms with Crippen LogP contribution in [0.15, 0.2) is 41.5 Å². The smallest absolute Gasteiger partial charge is 0.229 e. The zero-order chi connectivity index (χ0) is 26.4. The molecule has 0 unspecified atom stereocenters. The maximum atomic E-state index is 8.91. The Balaban J connectivity index is 1.20. The lowest BCUT2D eigenvalue weighted by Gasteiger charge is -2.34. The van der Waals surface area contributed by atoms with Crippen LogP contribution in [0.1, 0.15) is 37.3 Å². The number of imidazole rings is 1. The number of piperazine rings is 1. The predicted octanol–water partition coefficient (Wildman–Crippen LogP) is 3.81. The van der Waals surface area contributed by atoms with E-state index in [4.69, 9.17) is 24.8 Å². The number of pyridine rings is 1. The van der Waals surface area contributed by atoms with E-state index in [0.717, 1.165) is 72.5 Å². The van der Waals surface area contributed by atoms with Gasteiger partial charge in [-0.25, -0.2) is 4.98 Å². The second-order valence-electron chi connectivity index (χ2n) is 10.2. The van der Waals surface area contributed by atoms with Gasteiger partial charge >= 0.3 is 0 Å². The lowest BCUT2D eigenvalue weighted by molar-refractivity contribution is 0.0724. The number of thiophene rings is 1. The van der Waals surface area contributed by atoms with Gasteiger partial charge in [-0.1, -0.05) is 18.9 Å². The van der Waals surface area contributed by atoms with E-state index in [1.54, 1.807) is 11.3 Å². The molecular formula is C28H36N8O2S. The Labute approximate surface area is 232 Å². The lowest BCUT2D eigenvalue weighted by Crippen LogP contribution is -2.48. The minimum atomic E-state index is 0.0678. The van der Waals surface area contributed by atoms with Gasteiger partial charge in [0.1, 0.15) is 0 Å². The van der Waals surface area contributed by atoms with Crippen molar-refractivity contribution in [2.75, 3.05) is 62.8 Å². The average Bonchev–Trinajstić information content (AvgIpc) is 3.77. The van der Waals surface area contributed by atoms with Gasteiger partial charge < -0.3 is 24.6 Å². The number of nitrogens with one attached hydrogen (secondary N) is 1. The van der Waals surface area contributed by atoms with Crippen molar-refractivity contribution in [3.8, 4) is 11.3 Å². The van der Waals surface area contributed by atoms with Crippen molar-refractivity contribution in [1.29, 1.82) is 0 Å². The number of fused-ring (bicyclic) bond motifs is 1. The summed E-state index contributed by atoms with van der Waals surface area (Å²) in [7, 11) is 0. The first-order valence-electron chi connectivity index (χ1n) is 13.9. The fourth-order valence-electron chi connectivity index (χ4n) is 5.45. The molecule has 1 saturated carbocycles. The number of anilines is 2. The first kappa shape index (κ1) is 26.1. The van der Waals surface area contributed by atoms with Crippen LogP contribution in [0.3, 0.4) is 0 Å². The molecule has 2 fully saturated rings. The van der Waals surface area contributed by atoms with Crippen LogP contribution in [0.5, 0.6) is 0 Å². The Hall–Kier alpha value is -3.12. The molecule has 0 radical (unpaired) electrons. The standard InChI is InChI=1S/C28H36N8O2S/c37-13-15-38-14-12-34-8-10-35(11-9-34)28-32-26(25-27(33-28)36(20-31-25)23-3-1-2-4-23)30-18-21-5-6-24(29-17-21)22-7-16-39-19-22/h5-7,16-17,19-20,23,37H,1-4,8-15,18H2,(H,30,32,33). The highest BCUT2D eigenvalue weighted by Crippen LogP contribution is 2.33. The quantitative estimate of drug-likeness (QED) is 0.271. The van der Waals surface area contributed by atoms with Gasteiger partial charge in [0.2, 0.25) is 5.95 Å². The van der Waals surface area contributed by atoms with Crippen LogP contribution in [0.4, 0.5) is 11.8 Å². The number of nitrogens with zero attached hydrogens (tertiary/aromatic N) is 7. The van der Waals surface area contributed by atoms with E-state index in [2.05, 4.69) is 53.6 Å². The Morgan fingerprint density at radius 2 is 1.90 bits per heavy atom. The lowest BCUT2D eigenvalue weighted by atomic mass is 10.2. The second kappa shape index (κ2) is 12.4. The minimum absolute atomic E-state index is 0.0678. The average molecular weight is 549 g/mol. The Morgan fingerprint density at radius 3 is 2.64 bits per heavy atom. The third-order valence-electron chi connectivity index (χ3n) is 7.67. The molecule has 0 bridgehead atoms. The predicted molar refractivity (Wildman–Crippen MR) is 154 cm³/mol. The van der Waals surface area contributed by atoms with Crippen LogP contribution in [0, 0.1) is 0 Å². The third kappa shape index (κ3) is 6.06. The fourth-order valence-corrected chi connectivity index (χ4v) is 6.10. The summed E-state index contributed by atoms with van der Waals surface area (Å²) < 4.78 is 7.72. The van der Waals surface area contributed by atoms with E-state index in [-0.39, 0.29) is 6.61 Å². The van der Waals surface area contributed by atoms with E-state index < -0.39 is 0 Å². The molecule has 2 aliphatic rings. The largest absolute Gasteiger partial charge is 0.394 e. The molecule has 0 amide bonds. The molecular weight excluding hydrogens is 512 g/mol. The molecule has 4 aromatic heterocycles. The van der Waals surface area contributed by atoms with E-state index in [9.17, 15) is 0 Å². The van der Waals surface area contributed by atoms with Crippen LogP contribution in [0.2, 0.25) is 0 Å². The molecule has 10 nitrogen and oxygen atoms in total. The molecule has 1 aliphatic carbocycles. The van der Waals surface area contributed by atoms with Gasteiger partial charge in [0.25, 0.3) is 0 Å². The molecule has 6 rings (SSSR count). The van der Waals surface area contributed by atoms with Crippen molar-refractivity contribution >= 4 is 34.3 Å². The highest BCUT2D eigenvalue weighted by atomic mass is 32.1. The molecule has 11 heteroatoms. The van der Waals surface area contributed by atoms with Crippen LogP contribution >= 0.6 is 11.3 Å². The third-order valence-corrected chi connectivity index (χ3v) is 8.36. The molecule has 0 spiro atoms. The maximum absolute atomic E-state index is 8.91. The molecule has 39 heavy (non-hydrogen) atoms. The number of aliphatic hydroxyl groups is 1. The molecule has 1 aliphatic heterocycles. The number of rotatable bonds is 11. The molecule has 5 heterocycles. The van der Waals surface area contributed by atoms with Crippen LogP contribution < -0.4 is 10.2 Å². The summed E-state index contributed by atoms with van der Waals surface area (Å²) in [5, 5.41) is 16.7. The van der Waals surface area contributed by atoms with Crippen molar-refractivity contribution in [3.05, 3.63) is 47.0 Å². The second-order valence-corrected chi connectivity index (χ2v) is 11.0. The number of hydrogen-bond donors (Lipinski definition) is 2. The molecule has 0 aromatic carbocycles. The zero-order valence-electron chi connectivity index (χ0n) is 22.2. The Kier molecular flexibility index (Phi) is 8.29. The van der Waals surface area contributed by atoms with Gasteiger partial charge in [-0.15, -0.1) is 0 Å². The molecule has 206 valence electrons. The monoisotopic (exact) mass is 548 g/mol. The van der Waals surface area contributed by atoms with Gasteiger partial charge in [-0.3, -0.25) is 9.88 Å².